The van der Waals surface area contributed by atoms with Crippen molar-refractivity contribution in [3.8, 4) is 0 Å². The summed E-state index contributed by atoms with van der Waals surface area (Å²) in [4.78, 5) is 12.4. The molecule has 1 saturated carbocycles. The molecule has 0 unspecified atom stereocenters. The first-order chi connectivity index (χ1) is 6.74. The summed E-state index contributed by atoms with van der Waals surface area (Å²) in [5, 5.41) is 2.98. The Morgan fingerprint density at radius 1 is 1.36 bits per heavy atom. The second-order valence-corrected chi connectivity index (χ2v) is 5.22. The molecule has 2 nitrogen and oxygen atoms in total. The summed E-state index contributed by atoms with van der Waals surface area (Å²) in [6.45, 7) is 0. The van der Waals surface area contributed by atoms with Gasteiger partial charge in [0.15, 0.2) is 0 Å². The van der Waals surface area contributed by atoms with Gasteiger partial charge in [-0.3, -0.25) is 4.79 Å². The van der Waals surface area contributed by atoms with Crippen molar-refractivity contribution in [3.63, 3.8) is 0 Å². The van der Waals surface area contributed by atoms with Crippen molar-refractivity contribution in [1.82, 2.24) is 5.32 Å². The van der Waals surface area contributed by atoms with E-state index in [0.29, 0.717) is 6.04 Å². The lowest BCUT2D eigenvalue weighted by atomic mass is 10.4. The van der Waals surface area contributed by atoms with E-state index in [2.05, 4.69) is 21.2 Å². The van der Waals surface area contributed by atoms with Crippen LogP contribution >= 0.6 is 27.7 Å². The molecule has 0 aliphatic heterocycles. The van der Waals surface area contributed by atoms with Crippen LogP contribution in [0.15, 0.2) is 33.6 Å². The third-order valence-electron chi connectivity index (χ3n) is 1.92. The molecule has 0 atom stereocenters. The Bertz CT molecular complexity index is 334. The third kappa shape index (κ3) is 3.03. The molecule has 1 aromatic rings. The van der Waals surface area contributed by atoms with Gasteiger partial charge < -0.3 is 5.32 Å². The fourth-order valence-electron chi connectivity index (χ4n) is 1.03. The van der Waals surface area contributed by atoms with E-state index in [0.717, 1.165) is 22.2 Å². The summed E-state index contributed by atoms with van der Waals surface area (Å²) >= 11 is 4.60. The van der Waals surface area contributed by atoms with Crippen molar-refractivity contribution in [3.05, 3.63) is 28.7 Å². The number of hydrogen-bond acceptors (Lipinski definition) is 2. The fraction of sp³-hybridized carbons (Fsp3) is 0.300. The molecule has 0 radical (unpaired) electrons. The van der Waals surface area contributed by atoms with Crippen LogP contribution in [0.3, 0.4) is 0 Å². The largest absolute Gasteiger partial charge is 0.344 e. The van der Waals surface area contributed by atoms with Crippen LogP contribution in [0.5, 0.6) is 0 Å². The highest BCUT2D eigenvalue weighted by atomic mass is 79.9. The number of benzene rings is 1. The monoisotopic (exact) mass is 271 g/mol. The van der Waals surface area contributed by atoms with Gasteiger partial charge in [0.05, 0.1) is 0 Å². The lowest BCUT2D eigenvalue weighted by Gasteiger charge is -2.02. The molecule has 1 amide bonds. The average molecular weight is 272 g/mol. The molecule has 1 aliphatic rings. The zero-order valence-corrected chi connectivity index (χ0v) is 9.90. The number of amides is 1. The first kappa shape index (κ1) is 10.1. The Hall–Kier alpha value is -0.480. The highest BCUT2D eigenvalue weighted by molar-refractivity contribution is 9.10. The number of rotatable bonds is 2. The van der Waals surface area contributed by atoms with Crippen molar-refractivity contribution in [1.29, 1.82) is 0 Å². The first-order valence-electron chi connectivity index (χ1n) is 4.48. The Morgan fingerprint density at radius 3 is 2.57 bits per heavy atom. The van der Waals surface area contributed by atoms with Crippen LogP contribution in [0.25, 0.3) is 0 Å². The minimum Gasteiger partial charge on any atom is -0.344 e. The number of carbonyl (C=O) groups excluding carboxylic acids is 1. The van der Waals surface area contributed by atoms with Gasteiger partial charge in [-0.15, -0.1) is 0 Å². The normalized spacial score (nSPS) is 15.2. The van der Waals surface area contributed by atoms with Gasteiger partial charge in [-0.05, 0) is 48.9 Å². The van der Waals surface area contributed by atoms with Gasteiger partial charge in [0, 0.05) is 15.4 Å². The van der Waals surface area contributed by atoms with Gasteiger partial charge in [0.1, 0.15) is 0 Å². The molecule has 0 bridgehead atoms. The quantitative estimate of drug-likeness (QED) is 0.836. The molecular weight excluding hydrogens is 262 g/mol. The van der Waals surface area contributed by atoms with Crippen LogP contribution in [0.1, 0.15) is 12.8 Å². The number of carbonyl (C=O) groups is 1. The minimum atomic E-state index is 0.0508. The van der Waals surface area contributed by atoms with Crippen molar-refractivity contribution in [2.24, 2.45) is 0 Å². The van der Waals surface area contributed by atoms with Crippen LogP contribution in [0, 0.1) is 0 Å². The van der Waals surface area contributed by atoms with Gasteiger partial charge in [-0.25, -0.2) is 0 Å². The second-order valence-electron chi connectivity index (χ2n) is 3.26. The van der Waals surface area contributed by atoms with E-state index in [1.165, 1.54) is 11.8 Å². The molecule has 74 valence electrons. The van der Waals surface area contributed by atoms with E-state index < -0.39 is 0 Å². The maximum Gasteiger partial charge on any atom is 0.284 e. The molecule has 0 spiro atoms. The Morgan fingerprint density at radius 2 is 2.00 bits per heavy atom. The van der Waals surface area contributed by atoms with Crippen LogP contribution < -0.4 is 5.32 Å². The van der Waals surface area contributed by atoms with Gasteiger partial charge in [0.2, 0.25) is 0 Å². The predicted octanol–water partition coefficient (Wildman–Crippen LogP) is 3.41. The van der Waals surface area contributed by atoms with Crippen LogP contribution in [-0.4, -0.2) is 11.3 Å². The first-order valence-corrected chi connectivity index (χ1v) is 6.09. The standard InChI is InChI=1S/C10H10BrNOS/c11-7-1-5-9(6-2-7)14-10(13)12-8-3-4-8/h1-2,5-6,8H,3-4H2,(H,12,13). The van der Waals surface area contributed by atoms with Gasteiger partial charge in [-0.1, -0.05) is 15.9 Å². The van der Waals surface area contributed by atoms with Crippen LogP contribution in [-0.2, 0) is 0 Å². The Kier molecular flexibility index (Phi) is 3.13. The van der Waals surface area contributed by atoms with Crippen molar-refractivity contribution in [2.45, 2.75) is 23.8 Å². The van der Waals surface area contributed by atoms with E-state index in [9.17, 15) is 4.79 Å². The molecule has 2 rings (SSSR count). The van der Waals surface area contributed by atoms with Crippen LogP contribution in [0.2, 0.25) is 0 Å². The average Bonchev–Trinajstić information content (AvgIpc) is 2.93. The summed E-state index contributed by atoms with van der Waals surface area (Å²) in [6.07, 6.45) is 2.26. The van der Waals surface area contributed by atoms with Crippen molar-refractivity contribution in [2.75, 3.05) is 0 Å². The molecule has 0 heterocycles. The van der Waals surface area contributed by atoms with E-state index in [1.54, 1.807) is 0 Å². The second kappa shape index (κ2) is 4.36. The van der Waals surface area contributed by atoms with E-state index in [4.69, 9.17) is 0 Å². The summed E-state index contributed by atoms with van der Waals surface area (Å²) in [5.74, 6) is 0. The maximum absolute atomic E-state index is 11.4. The van der Waals surface area contributed by atoms with Gasteiger partial charge in [-0.2, -0.15) is 0 Å². The fourth-order valence-corrected chi connectivity index (χ4v) is 2.01. The van der Waals surface area contributed by atoms with E-state index in [1.807, 2.05) is 24.3 Å². The molecule has 1 aromatic carbocycles. The summed E-state index contributed by atoms with van der Waals surface area (Å²) < 4.78 is 1.03. The molecule has 1 fully saturated rings. The number of nitrogens with one attached hydrogen (secondary N) is 1. The highest BCUT2D eigenvalue weighted by Gasteiger charge is 2.23. The predicted molar refractivity (Wildman–Crippen MR) is 61.6 cm³/mol. The smallest absolute Gasteiger partial charge is 0.284 e. The van der Waals surface area contributed by atoms with Crippen molar-refractivity contribution >= 4 is 32.9 Å². The lowest BCUT2D eigenvalue weighted by Crippen LogP contribution is -2.20. The molecule has 0 saturated heterocycles. The SMILES string of the molecule is O=C(NC1CC1)Sc1ccc(Br)cc1. The summed E-state index contributed by atoms with van der Waals surface area (Å²) in [6, 6.07) is 8.17. The highest BCUT2D eigenvalue weighted by Crippen LogP contribution is 2.24. The summed E-state index contributed by atoms with van der Waals surface area (Å²) in [5.41, 5.74) is 0. The topological polar surface area (TPSA) is 29.1 Å². The Balaban J connectivity index is 1.89. The van der Waals surface area contributed by atoms with Crippen LogP contribution in [0.4, 0.5) is 4.79 Å². The molecule has 1 aliphatic carbocycles. The molecule has 0 aromatic heterocycles. The molecule has 14 heavy (non-hydrogen) atoms. The molecular formula is C10H10BrNOS. The zero-order chi connectivity index (χ0) is 9.97. The number of thioether (sulfide) groups is 1. The lowest BCUT2D eigenvalue weighted by molar-refractivity contribution is 0.260. The minimum absolute atomic E-state index is 0.0508. The van der Waals surface area contributed by atoms with E-state index in [-0.39, 0.29) is 5.24 Å². The Labute approximate surface area is 95.6 Å². The maximum atomic E-state index is 11.4. The number of hydrogen-bond donors (Lipinski definition) is 1. The van der Waals surface area contributed by atoms with E-state index >= 15 is 0 Å². The van der Waals surface area contributed by atoms with Crippen molar-refractivity contribution < 1.29 is 4.79 Å². The molecule has 4 heteroatoms. The van der Waals surface area contributed by atoms with Gasteiger partial charge >= 0.3 is 0 Å². The molecule has 1 N–H and O–H groups in total. The third-order valence-corrected chi connectivity index (χ3v) is 3.26. The summed E-state index contributed by atoms with van der Waals surface area (Å²) in [7, 11) is 0. The zero-order valence-electron chi connectivity index (χ0n) is 7.50. The van der Waals surface area contributed by atoms with Gasteiger partial charge in [0.25, 0.3) is 5.24 Å². The number of halogens is 1.